The number of hydrogen-bond donors (Lipinski definition) is 2. The molecule has 0 aromatic heterocycles. The number of esters is 1. The maximum atomic E-state index is 13.5. The number of nitrogens with zero attached hydrogens (tertiary/aromatic N) is 1. The number of carbonyl (C=O) groups excluding carboxylic acids is 2. The molecule has 3 atom stereocenters. The van der Waals surface area contributed by atoms with Crippen molar-refractivity contribution in [2.75, 3.05) is 40.9 Å². The monoisotopic (exact) mass is 980 g/mol. The van der Waals surface area contributed by atoms with Crippen molar-refractivity contribution in [3.05, 3.63) is 36.5 Å². The molecule has 0 saturated carbocycles. The van der Waals surface area contributed by atoms with E-state index in [1.807, 2.05) is 33.3 Å². The number of phosphoric ester groups is 1. The molecule has 0 radical (unpaired) electrons. The smallest absolute Gasteiger partial charge is 0.456 e. The Morgan fingerprint density at radius 3 is 1.32 bits per heavy atom. The molecule has 3 unspecified atom stereocenters. The van der Waals surface area contributed by atoms with Gasteiger partial charge in [0, 0.05) is 12.8 Å². The van der Waals surface area contributed by atoms with Crippen molar-refractivity contribution in [3.8, 4) is 0 Å². The van der Waals surface area contributed by atoms with Crippen molar-refractivity contribution in [1.82, 2.24) is 5.32 Å². The van der Waals surface area contributed by atoms with Crippen LogP contribution in [-0.2, 0) is 27.9 Å². The zero-order valence-corrected chi connectivity index (χ0v) is 46.5. The van der Waals surface area contributed by atoms with E-state index in [2.05, 4.69) is 50.4 Å². The lowest BCUT2D eigenvalue weighted by Crippen LogP contribution is -2.47. The fraction of sp³-hybridized carbons (Fsp3) is 0.862. The molecule has 0 aromatic rings. The molecule has 0 saturated heterocycles. The summed E-state index contributed by atoms with van der Waals surface area (Å²) in [5, 5.41) is 3.05. The number of unbranched alkanes of at least 4 members (excludes halogenated alkanes) is 33. The minimum Gasteiger partial charge on any atom is -0.456 e. The third kappa shape index (κ3) is 49.2. The minimum atomic E-state index is -4.44. The van der Waals surface area contributed by atoms with E-state index in [-0.39, 0.29) is 25.1 Å². The van der Waals surface area contributed by atoms with Crippen molar-refractivity contribution in [3.63, 3.8) is 0 Å². The molecule has 0 aliphatic carbocycles. The highest BCUT2D eigenvalue weighted by molar-refractivity contribution is 7.47. The molecule has 0 fully saturated rings. The minimum absolute atomic E-state index is 0.0397. The van der Waals surface area contributed by atoms with Crippen molar-refractivity contribution < 1.29 is 37.3 Å². The van der Waals surface area contributed by atoms with Gasteiger partial charge >= 0.3 is 13.8 Å². The lowest BCUT2D eigenvalue weighted by molar-refractivity contribution is -0.870. The van der Waals surface area contributed by atoms with Gasteiger partial charge in [-0.25, -0.2) is 4.57 Å². The maximum absolute atomic E-state index is 13.5. The molecule has 68 heavy (non-hydrogen) atoms. The predicted octanol–water partition coefficient (Wildman–Crippen LogP) is 17.2. The normalized spacial score (nSPS) is 14.0. The summed E-state index contributed by atoms with van der Waals surface area (Å²) < 4.78 is 30.6. The predicted molar refractivity (Wildman–Crippen MR) is 291 cm³/mol. The van der Waals surface area contributed by atoms with E-state index in [4.69, 9.17) is 13.8 Å². The quantitative estimate of drug-likeness (QED) is 0.0156. The molecule has 0 spiro atoms. The van der Waals surface area contributed by atoms with Gasteiger partial charge in [-0.15, -0.1) is 0 Å². The number of allylic oxidation sites excluding steroid dienone is 5. The Bertz CT molecular complexity index is 1270. The summed E-state index contributed by atoms with van der Waals surface area (Å²) >= 11 is 0. The second kappa shape index (κ2) is 48.8. The summed E-state index contributed by atoms with van der Waals surface area (Å²) in [5.41, 5.74) is 0. The van der Waals surface area contributed by atoms with Crippen molar-refractivity contribution in [2.45, 2.75) is 283 Å². The average Bonchev–Trinajstić information content (AvgIpc) is 3.29. The molecule has 1 amide bonds. The fourth-order valence-electron chi connectivity index (χ4n) is 8.34. The molecule has 400 valence electrons. The third-order valence-corrected chi connectivity index (χ3v) is 13.8. The standard InChI is InChI=1S/C58H111N2O7P/c1-7-10-13-16-19-22-25-28-30-32-35-38-41-44-47-50-57(61)59-55(54-66-68(63,64)65-53-52-60(4,5)6)56(49-46-43-40-37-34-31-27-24-21-18-15-12-9-3)67-58(62)51-48-45-42-39-36-33-29-26-23-20-17-14-11-8-2/h19,22,25,28,46,49,55-56H,7-18,20-21,23-24,26-27,29-45,47-48,50-54H2,1-6H3,(H-,59,61,63,64)/p+1/b22-19+,28-25+,49-46+. The molecular formula is C58H112N2O7P+. The van der Waals surface area contributed by atoms with Gasteiger partial charge in [-0.1, -0.05) is 237 Å². The molecule has 0 heterocycles. The summed E-state index contributed by atoms with van der Waals surface area (Å²) in [6, 6.07) is -0.849. The van der Waals surface area contributed by atoms with E-state index in [0.717, 1.165) is 77.0 Å². The van der Waals surface area contributed by atoms with E-state index in [1.54, 1.807) is 0 Å². The zero-order valence-electron chi connectivity index (χ0n) is 45.6. The maximum Gasteiger partial charge on any atom is 0.472 e. The lowest BCUT2D eigenvalue weighted by atomic mass is 10.0. The number of ether oxygens (including phenoxy) is 1. The number of rotatable bonds is 52. The number of amides is 1. The van der Waals surface area contributed by atoms with Gasteiger partial charge in [0.1, 0.15) is 19.3 Å². The van der Waals surface area contributed by atoms with Gasteiger partial charge in [-0.2, -0.15) is 0 Å². The third-order valence-electron chi connectivity index (χ3n) is 12.9. The number of likely N-dealkylation sites (N-methyl/N-ethyl adjacent to an activating group) is 1. The molecule has 0 aliphatic heterocycles. The number of nitrogens with one attached hydrogen (secondary N) is 1. The van der Waals surface area contributed by atoms with E-state index in [0.29, 0.717) is 23.9 Å². The van der Waals surface area contributed by atoms with Crippen molar-refractivity contribution >= 4 is 19.7 Å². The van der Waals surface area contributed by atoms with E-state index >= 15 is 0 Å². The molecule has 10 heteroatoms. The Hall–Kier alpha value is -1.77. The molecule has 0 rings (SSSR count). The van der Waals surface area contributed by atoms with E-state index < -0.39 is 20.0 Å². The number of hydrogen-bond acceptors (Lipinski definition) is 6. The SMILES string of the molecule is CCCCC/C=C/C=C/CCCCCCCCC(=O)NC(COP(=O)(O)OCC[N+](C)(C)C)C(/C=C/CCCCCCCCCCCCC)OC(=O)CCCCCCCCCCCCCCCC. The fourth-order valence-corrected chi connectivity index (χ4v) is 9.08. The Morgan fingerprint density at radius 1 is 0.515 bits per heavy atom. The van der Waals surface area contributed by atoms with Gasteiger partial charge < -0.3 is 19.4 Å². The van der Waals surface area contributed by atoms with Crippen LogP contribution in [0.5, 0.6) is 0 Å². The Balaban J connectivity index is 5.38. The van der Waals surface area contributed by atoms with Crippen LogP contribution < -0.4 is 5.32 Å². The zero-order chi connectivity index (χ0) is 50.1. The van der Waals surface area contributed by atoms with Crippen LogP contribution >= 0.6 is 7.82 Å². The summed E-state index contributed by atoms with van der Waals surface area (Å²) in [7, 11) is 1.50. The highest BCUT2D eigenvalue weighted by Crippen LogP contribution is 2.43. The number of phosphoric acid groups is 1. The van der Waals surface area contributed by atoms with Crippen LogP contribution in [0.1, 0.15) is 271 Å². The first kappa shape index (κ1) is 66.2. The first-order valence-corrected chi connectivity index (χ1v) is 30.3. The molecule has 0 aromatic carbocycles. The van der Waals surface area contributed by atoms with E-state index in [9.17, 15) is 19.0 Å². The summed E-state index contributed by atoms with van der Waals surface area (Å²) in [6.45, 7) is 6.99. The molecular weight excluding hydrogens is 868 g/mol. The van der Waals surface area contributed by atoms with Gasteiger partial charge in [0.2, 0.25) is 5.91 Å². The van der Waals surface area contributed by atoms with Crippen LogP contribution in [0.3, 0.4) is 0 Å². The second-order valence-corrected chi connectivity index (χ2v) is 22.3. The number of quaternary nitrogens is 1. The van der Waals surface area contributed by atoms with Crippen molar-refractivity contribution in [1.29, 1.82) is 0 Å². The van der Waals surface area contributed by atoms with Crippen LogP contribution in [0.2, 0.25) is 0 Å². The summed E-state index contributed by atoms with van der Waals surface area (Å²) in [5.74, 6) is -0.509. The van der Waals surface area contributed by atoms with Gasteiger partial charge in [0.15, 0.2) is 0 Å². The van der Waals surface area contributed by atoms with Crippen LogP contribution in [0.4, 0.5) is 0 Å². The Morgan fingerprint density at radius 2 is 0.882 bits per heavy atom. The number of carbonyl (C=O) groups is 2. The molecule has 0 bridgehead atoms. The Labute approximate surface area is 421 Å². The average molecular weight is 981 g/mol. The first-order chi connectivity index (χ1) is 32.9. The van der Waals surface area contributed by atoms with Gasteiger partial charge in [0.05, 0.1) is 33.8 Å². The van der Waals surface area contributed by atoms with E-state index in [1.165, 1.54) is 161 Å². The van der Waals surface area contributed by atoms with Crippen LogP contribution in [-0.4, -0.2) is 74.3 Å². The largest absolute Gasteiger partial charge is 0.472 e. The second-order valence-electron chi connectivity index (χ2n) is 20.9. The summed E-state index contributed by atoms with van der Waals surface area (Å²) in [4.78, 5) is 37.6. The topological polar surface area (TPSA) is 111 Å². The van der Waals surface area contributed by atoms with Gasteiger partial charge in [-0.05, 0) is 57.4 Å². The van der Waals surface area contributed by atoms with Crippen LogP contribution in [0.25, 0.3) is 0 Å². The molecule has 2 N–H and O–H groups in total. The molecule has 9 nitrogen and oxygen atoms in total. The van der Waals surface area contributed by atoms with Crippen molar-refractivity contribution in [2.24, 2.45) is 0 Å². The van der Waals surface area contributed by atoms with Crippen LogP contribution in [0.15, 0.2) is 36.5 Å². The highest BCUT2D eigenvalue weighted by Gasteiger charge is 2.30. The highest BCUT2D eigenvalue weighted by atomic mass is 31.2. The van der Waals surface area contributed by atoms with Gasteiger partial charge in [0.25, 0.3) is 0 Å². The Kier molecular flexibility index (Phi) is 47.6. The summed E-state index contributed by atoms with van der Waals surface area (Å²) in [6.07, 6.45) is 57.0. The van der Waals surface area contributed by atoms with Gasteiger partial charge in [-0.3, -0.25) is 18.6 Å². The first-order valence-electron chi connectivity index (χ1n) is 28.8. The molecule has 0 aliphatic rings. The lowest BCUT2D eigenvalue weighted by Gasteiger charge is -2.27. The van der Waals surface area contributed by atoms with Crippen LogP contribution in [0, 0.1) is 0 Å².